The lowest BCUT2D eigenvalue weighted by molar-refractivity contribution is -0.139. The molecule has 13 heavy (non-hydrogen) atoms. The molecule has 1 rings (SSSR count). The van der Waals surface area contributed by atoms with E-state index in [1.54, 1.807) is 12.2 Å². The number of rotatable bonds is 4. The highest BCUT2D eigenvalue weighted by molar-refractivity contribution is 6.02. The molecule has 0 spiro atoms. The molecule has 3 heteroatoms. The molecule has 0 aliphatic carbocycles. The highest BCUT2D eigenvalue weighted by atomic mass is 16.2. The van der Waals surface area contributed by atoms with Crippen molar-refractivity contribution in [3.63, 3.8) is 0 Å². The van der Waals surface area contributed by atoms with E-state index in [0.29, 0.717) is 19.3 Å². The second-order valence-corrected chi connectivity index (χ2v) is 2.98. The zero-order valence-corrected chi connectivity index (χ0v) is 7.53. The number of amides is 2. The van der Waals surface area contributed by atoms with Gasteiger partial charge in [0.25, 0.3) is 0 Å². The van der Waals surface area contributed by atoms with E-state index >= 15 is 0 Å². The van der Waals surface area contributed by atoms with Crippen LogP contribution in [-0.4, -0.2) is 22.8 Å². The Morgan fingerprint density at radius 2 is 1.85 bits per heavy atom. The first-order valence-corrected chi connectivity index (χ1v) is 4.29. The Labute approximate surface area is 77.7 Å². The SMILES string of the molecule is C=CCC(C=C)N1C(=O)CCC1=O. The topological polar surface area (TPSA) is 37.4 Å². The Hall–Kier alpha value is -1.38. The molecule has 1 fully saturated rings. The highest BCUT2D eigenvalue weighted by Gasteiger charge is 2.32. The molecule has 0 aromatic heterocycles. The molecule has 1 unspecified atom stereocenters. The van der Waals surface area contributed by atoms with Crippen LogP contribution in [0.5, 0.6) is 0 Å². The maximum atomic E-state index is 11.3. The molecule has 3 nitrogen and oxygen atoms in total. The molecule has 1 saturated heterocycles. The van der Waals surface area contributed by atoms with E-state index in [0.717, 1.165) is 0 Å². The standard InChI is InChI=1S/C10H13NO2/c1-3-5-8(4-2)11-9(12)6-7-10(11)13/h3-4,8H,1-2,5-7H2. The zero-order valence-electron chi connectivity index (χ0n) is 7.53. The number of carbonyl (C=O) groups is 2. The van der Waals surface area contributed by atoms with Crippen molar-refractivity contribution in [2.24, 2.45) is 0 Å². The number of carbonyl (C=O) groups excluding carboxylic acids is 2. The van der Waals surface area contributed by atoms with Crippen LogP contribution in [0.25, 0.3) is 0 Å². The molecule has 70 valence electrons. The largest absolute Gasteiger partial charge is 0.275 e. The van der Waals surface area contributed by atoms with Crippen molar-refractivity contribution in [1.29, 1.82) is 0 Å². The summed E-state index contributed by atoms with van der Waals surface area (Å²) in [5.74, 6) is -0.200. The smallest absolute Gasteiger partial charge is 0.230 e. The van der Waals surface area contributed by atoms with E-state index in [4.69, 9.17) is 0 Å². The molecule has 0 radical (unpaired) electrons. The molecular formula is C10H13NO2. The Kier molecular flexibility index (Phi) is 3.01. The summed E-state index contributed by atoms with van der Waals surface area (Å²) in [7, 11) is 0. The third kappa shape index (κ3) is 1.86. The van der Waals surface area contributed by atoms with Crippen LogP contribution in [0.3, 0.4) is 0 Å². The molecular weight excluding hydrogens is 166 g/mol. The fourth-order valence-corrected chi connectivity index (χ4v) is 1.44. The maximum absolute atomic E-state index is 11.3. The minimum atomic E-state index is -0.208. The van der Waals surface area contributed by atoms with Gasteiger partial charge in [-0.3, -0.25) is 14.5 Å². The van der Waals surface area contributed by atoms with E-state index in [9.17, 15) is 9.59 Å². The molecule has 1 aliphatic heterocycles. The minimum Gasteiger partial charge on any atom is -0.275 e. The fraction of sp³-hybridized carbons (Fsp3) is 0.400. The first kappa shape index (κ1) is 9.71. The predicted molar refractivity (Wildman–Crippen MR) is 49.9 cm³/mol. The summed E-state index contributed by atoms with van der Waals surface area (Å²) in [6, 6.07) is -0.208. The number of nitrogens with zero attached hydrogens (tertiary/aromatic N) is 1. The van der Waals surface area contributed by atoms with Gasteiger partial charge >= 0.3 is 0 Å². The lowest BCUT2D eigenvalue weighted by Gasteiger charge is -2.21. The van der Waals surface area contributed by atoms with Gasteiger partial charge in [-0.1, -0.05) is 12.2 Å². The number of imide groups is 1. The van der Waals surface area contributed by atoms with Crippen molar-refractivity contribution < 1.29 is 9.59 Å². The van der Waals surface area contributed by atoms with Gasteiger partial charge in [0, 0.05) is 12.8 Å². The fourth-order valence-electron chi connectivity index (χ4n) is 1.44. The summed E-state index contributed by atoms with van der Waals surface area (Å²) in [6.07, 6.45) is 4.55. The second kappa shape index (κ2) is 4.03. The Bertz CT molecular complexity index is 242. The quantitative estimate of drug-likeness (QED) is 0.481. The van der Waals surface area contributed by atoms with Gasteiger partial charge in [0.15, 0.2) is 0 Å². The molecule has 1 heterocycles. The van der Waals surface area contributed by atoms with Crippen LogP contribution in [0.4, 0.5) is 0 Å². The van der Waals surface area contributed by atoms with Gasteiger partial charge in [-0.25, -0.2) is 0 Å². The maximum Gasteiger partial charge on any atom is 0.230 e. The zero-order chi connectivity index (χ0) is 9.84. The number of hydrogen-bond acceptors (Lipinski definition) is 2. The van der Waals surface area contributed by atoms with Gasteiger partial charge < -0.3 is 0 Å². The molecule has 2 amide bonds. The molecule has 0 aromatic carbocycles. The van der Waals surface area contributed by atoms with Crippen molar-refractivity contribution >= 4 is 11.8 Å². The first-order valence-electron chi connectivity index (χ1n) is 4.29. The minimum absolute atomic E-state index is 0.100. The summed E-state index contributed by atoms with van der Waals surface area (Å²) in [5, 5.41) is 0. The van der Waals surface area contributed by atoms with Crippen LogP contribution in [0.15, 0.2) is 25.3 Å². The van der Waals surface area contributed by atoms with Gasteiger partial charge in [0.2, 0.25) is 11.8 Å². The molecule has 0 N–H and O–H groups in total. The summed E-state index contributed by atoms with van der Waals surface area (Å²) >= 11 is 0. The lowest BCUT2D eigenvalue weighted by Crippen LogP contribution is -2.37. The summed E-state index contributed by atoms with van der Waals surface area (Å²) in [5.41, 5.74) is 0. The van der Waals surface area contributed by atoms with Crippen molar-refractivity contribution in [2.75, 3.05) is 0 Å². The summed E-state index contributed by atoms with van der Waals surface area (Å²) in [6.45, 7) is 7.17. The van der Waals surface area contributed by atoms with Crippen molar-refractivity contribution in [3.05, 3.63) is 25.3 Å². The third-order valence-corrected chi connectivity index (χ3v) is 2.10. The Morgan fingerprint density at radius 3 is 2.23 bits per heavy atom. The van der Waals surface area contributed by atoms with E-state index in [1.807, 2.05) is 0 Å². The molecule has 0 bridgehead atoms. The first-order chi connectivity index (χ1) is 6.20. The number of hydrogen-bond donors (Lipinski definition) is 0. The lowest BCUT2D eigenvalue weighted by atomic mass is 10.2. The van der Waals surface area contributed by atoms with Crippen LogP contribution in [-0.2, 0) is 9.59 Å². The van der Waals surface area contributed by atoms with Crippen LogP contribution in [0.1, 0.15) is 19.3 Å². The second-order valence-electron chi connectivity index (χ2n) is 2.98. The summed E-state index contributed by atoms with van der Waals surface area (Å²) < 4.78 is 0. The molecule has 1 atom stereocenters. The Balaban J connectivity index is 2.76. The number of likely N-dealkylation sites (tertiary alicyclic amines) is 1. The molecule has 1 aliphatic rings. The van der Waals surface area contributed by atoms with Gasteiger partial charge in [0.05, 0.1) is 6.04 Å². The van der Waals surface area contributed by atoms with Gasteiger partial charge in [0.1, 0.15) is 0 Å². The molecule has 0 saturated carbocycles. The third-order valence-electron chi connectivity index (χ3n) is 2.10. The van der Waals surface area contributed by atoms with Gasteiger partial charge in [-0.2, -0.15) is 0 Å². The van der Waals surface area contributed by atoms with E-state index in [1.165, 1.54) is 4.90 Å². The van der Waals surface area contributed by atoms with Crippen molar-refractivity contribution in [3.8, 4) is 0 Å². The summed E-state index contributed by atoms with van der Waals surface area (Å²) in [4.78, 5) is 23.9. The van der Waals surface area contributed by atoms with Crippen LogP contribution >= 0.6 is 0 Å². The van der Waals surface area contributed by atoms with Gasteiger partial charge in [-0.05, 0) is 6.42 Å². The van der Waals surface area contributed by atoms with Crippen LogP contribution in [0, 0.1) is 0 Å². The normalized spacial score (nSPS) is 18.9. The van der Waals surface area contributed by atoms with Crippen molar-refractivity contribution in [1.82, 2.24) is 4.90 Å². The monoisotopic (exact) mass is 179 g/mol. The molecule has 0 aromatic rings. The highest BCUT2D eigenvalue weighted by Crippen LogP contribution is 2.18. The Morgan fingerprint density at radius 1 is 1.31 bits per heavy atom. The van der Waals surface area contributed by atoms with E-state index in [-0.39, 0.29) is 17.9 Å². The van der Waals surface area contributed by atoms with E-state index in [2.05, 4.69) is 13.2 Å². The van der Waals surface area contributed by atoms with Crippen molar-refractivity contribution in [2.45, 2.75) is 25.3 Å². The van der Waals surface area contributed by atoms with Gasteiger partial charge in [-0.15, -0.1) is 13.2 Å². The predicted octanol–water partition coefficient (Wildman–Crippen LogP) is 1.27. The average molecular weight is 179 g/mol. The average Bonchev–Trinajstić information content (AvgIpc) is 2.43. The van der Waals surface area contributed by atoms with Crippen LogP contribution in [0.2, 0.25) is 0 Å². The van der Waals surface area contributed by atoms with E-state index < -0.39 is 0 Å². The van der Waals surface area contributed by atoms with Crippen LogP contribution < -0.4 is 0 Å².